The lowest BCUT2D eigenvalue weighted by Crippen LogP contribution is -2.34. The quantitative estimate of drug-likeness (QED) is 0.865. The van der Waals surface area contributed by atoms with Crippen molar-refractivity contribution in [2.24, 2.45) is 0 Å². The molecule has 2 N–H and O–H groups in total. The monoisotopic (exact) mass is 356 g/mol. The maximum Gasteiger partial charge on any atom is 0.407 e. The van der Waals surface area contributed by atoms with Crippen LogP contribution in [0.15, 0.2) is 22.7 Å². The van der Waals surface area contributed by atoms with E-state index < -0.39 is 11.7 Å². The van der Waals surface area contributed by atoms with Crippen LogP contribution in [0.4, 0.5) is 10.5 Å². The summed E-state index contributed by atoms with van der Waals surface area (Å²) < 4.78 is 5.94. The van der Waals surface area contributed by atoms with E-state index in [2.05, 4.69) is 26.6 Å². The van der Waals surface area contributed by atoms with Crippen LogP contribution >= 0.6 is 15.9 Å². The number of halogens is 1. The highest BCUT2D eigenvalue weighted by molar-refractivity contribution is 9.10. The van der Waals surface area contributed by atoms with Gasteiger partial charge < -0.3 is 15.4 Å². The number of alkyl carbamates (subject to hydrolysis) is 1. The predicted octanol–water partition coefficient (Wildman–Crippen LogP) is 3.61. The van der Waals surface area contributed by atoms with Crippen LogP contribution in [0.25, 0.3) is 0 Å². The lowest BCUT2D eigenvalue weighted by atomic mass is 10.2. The number of carbonyl (C=O) groups is 2. The Labute approximate surface area is 133 Å². The molecule has 0 aliphatic rings. The van der Waals surface area contributed by atoms with Gasteiger partial charge in [0.15, 0.2) is 0 Å². The molecule has 1 aromatic rings. The van der Waals surface area contributed by atoms with E-state index in [0.29, 0.717) is 0 Å². The molecule has 2 amide bonds. The summed E-state index contributed by atoms with van der Waals surface area (Å²) in [5, 5.41) is 5.34. The van der Waals surface area contributed by atoms with Crippen LogP contribution in [-0.4, -0.2) is 24.1 Å². The predicted molar refractivity (Wildman–Crippen MR) is 86.4 cm³/mol. The van der Waals surface area contributed by atoms with Gasteiger partial charge in [-0.05, 0) is 55.3 Å². The molecule has 116 valence electrons. The number of anilines is 1. The molecular weight excluding hydrogens is 336 g/mol. The van der Waals surface area contributed by atoms with Gasteiger partial charge in [-0.1, -0.05) is 12.1 Å². The van der Waals surface area contributed by atoms with Crippen molar-refractivity contribution in [1.29, 1.82) is 0 Å². The van der Waals surface area contributed by atoms with Crippen LogP contribution in [-0.2, 0) is 9.53 Å². The van der Waals surface area contributed by atoms with Crippen LogP contribution in [0.1, 0.15) is 32.8 Å². The molecule has 5 nitrogen and oxygen atoms in total. The maximum atomic E-state index is 11.8. The highest BCUT2D eigenvalue weighted by Crippen LogP contribution is 2.25. The second kappa shape index (κ2) is 7.45. The van der Waals surface area contributed by atoms with Gasteiger partial charge in [-0.3, -0.25) is 4.79 Å². The second-order valence-electron chi connectivity index (χ2n) is 5.66. The van der Waals surface area contributed by atoms with Gasteiger partial charge >= 0.3 is 6.09 Å². The molecule has 0 spiro atoms. The molecule has 0 aliphatic carbocycles. The number of carbonyl (C=O) groups excluding carboxylic acids is 2. The average Bonchev–Trinajstić information content (AvgIpc) is 2.32. The Kier molecular flexibility index (Phi) is 6.20. The van der Waals surface area contributed by atoms with E-state index in [9.17, 15) is 9.59 Å². The van der Waals surface area contributed by atoms with Crippen LogP contribution in [0, 0.1) is 6.92 Å². The number of ether oxygens (including phenoxy) is 1. The molecule has 0 bridgehead atoms. The zero-order chi connectivity index (χ0) is 16.0. The molecule has 21 heavy (non-hydrogen) atoms. The molecule has 0 unspecified atom stereocenters. The molecule has 1 rings (SSSR count). The van der Waals surface area contributed by atoms with Crippen LogP contribution in [0.3, 0.4) is 0 Å². The molecule has 1 aromatic carbocycles. The van der Waals surface area contributed by atoms with Crippen molar-refractivity contribution in [1.82, 2.24) is 5.32 Å². The van der Waals surface area contributed by atoms with Crippen LogP contribution in [0.5, 0.6) is 0 Å². The standard InChI is InChI=1S/C15H21BrN2O3/c1-10-6-5-7-11(13(10)16)18-12(19)8-9-17-14(20)21-15(2,3)4/h5-7H,8-9H2,1-4H3,(H,17,20)(H,18,19). The van der Waals surface area contributed by atoms with E-state index in [0.717, 1.165) is 15.7 Å². The lowest BCUT2D eigenvalue weighted by molar-refractivity contribution is -0.116. The number of aryl methyl sites for hydroxylation is 1. The number of benzene rings is 1. The Bertz CT molecular complexity index is 524. The van der Waals surface area contributed by atoms with E-state index in [-0.39, 0.29) is 18.9 Å². The number of amides is 2. The maximum absolute atomic E-state index is 11.8. The van der Waals surface area contributed by atoms with Crippen molar-refractivity contribution >= 4 is 33.6 Å². The van der Waals surface area contributed by atoms with Crippen molar-refractivity contribution in [3.05, 3.63) is 28.2 Å². The molecule has 0 saturated carbocycles. The van der Waals surface area contributed by atoms with Gasteiger partial charge in [-0.25, -0.2) is 4.79 Å². The normalized spacial score (nSPS) is 10.9. The van der Waals surface area contributed by atoms with E-state index in [1.807, 2.05) is 25.1 Å². The number of nitrogens with one attached hydrogen (secondary N) is 2. The zero-order valence-corrected chi connectivity index (χ0v) is 14.3. The van der Waals surface area contributed by atoms with Crippen LogP contribution < -0.4 is 10.6 Å². The topological polar surface area (TPSA) is 67.4 Å². The first-order valence-corrected chi connectivity index (χ1v) is 7.50. The Hall–Kier alpha value is -1.56. The van der Waals surface area contributed by atoms with E-state index >= 15 is 0 Å². The molecular formula is C15H21BrN2O3. The van der Waals surface area contributed by atoms with Gasteiger partial charge in [-0.2, -0.15) is 0 Å². The summed E-state index contributed by atoms with van der Waals surface area (Å²) in [4.78, 5) is 23.2. The van der Waals surface area contributed by atoms with E-state index in [1.165, 1.54) is 0 Å². The molecule has 6 heteroatoms. The summed E-state index contributed by atoms with van der Waals surface area (Å²) >= 11 is 3.43. The fourth-order valence-corrected chi connectivity index (χ4v) is 1.91. The minimum Gasteiger partial charge on any atom is -0.444 e. The largest absolute Gasteiger partial charge is 0.444 e. The number of hydrogen-bond acceptors (Lipinski definition) is 3. The average molecular weight is 357 g/mol. The third-order valence-electron chi connectivity index (χ3n) is 2.49. The minimum atomic E-state index is -0.543. The van der Waals surface area contributed by atoms with Crippen molar-refractivity contribution < 1.29 is 14.3 Å². The van der Waals surface area contributed by atoms with Gasteiger partial charge in [-0.15, -0.1) is 0 Å². The second-order valence-corrected chi connectivity index (χ2v) is 6.46. The third-order valence-corrected chi connectivity index (χ3v) is 3.54. The lowest BCUT2D eigenvalue weighted by Gasteiger charge is -2.19. The highest BCUT2D eigenvalue weighted by Gasteiger charge is 2.16. The summed E-state index contributed by atoms with van der Waals surface area (Å²) in [6, 6.07) is 5.63. The molecule has 0 radical (unpaired) electrons. The molecule has 0 fully saturated rings. The first-order valence-electron chi connectivity index (χ1n) is 6.71. The van der Waals surface area contributed by atoms with Crippen molar-refractivity contribution in [3.8, 4) is 0 Å². The fourth-order valence-electron chi connectivity index (χ4n) is 1.55. The summed E-state index contributed by atoms with van der Waals surface area (Å²) in [7, 11) is 0. The number of hydrogen-bond donors (Lipinski definition) is 2. The Morgan fingerprint density at radius 2 is 1.95 bits per heavy atom. The summed E-state index contributed by atoms with van der Waals surface area (Å²) in [6.45, 7) is 7.53. The molecule has 0 heterocycles. The Morgan fingerprint density at radius 3 is 2.57 bits per heavy atom. The fraction of sp³-hybridized carbons (Fsp3) is 0.467. The number of rotatable bonds is 4. The molecule has 0 atom stereocenters. The highest BCUT2D eigenvalue weighted by atomic mass is 79.9. The van der Waals surface area contributed by atoms with Gasteiger partial charge in [0.25, 0.3) is 0 Å². The van der Waals surface area contributed by atoms with Gasteiger partial charge in [0.1, 0.15) is 5.60 Å². The van der Waals surface area contributed by atoms with Gasteiger partial charge in [0.05, 0.1) is 5.69 Å². The van der Waals surface area contributed by atoms with E-state index in [4.69, 9.17) is 4.74 Å². The van der Waals surface area contributed by atoms with Gasteiger partial charge in [0, 0.05) is 17.4 Å². The molecule has 0 saturated heterocycles. The Morgan fingerprint density at radius 1 is 1.29 bits per heavy atom. The van der Waals surface area contributed by atoms with Crippen molar-refractivity contribution in [3.63, 3.8) is 0 Å². The molecule has 0 aromatic heterocycles. The summed E-state index contributed by atoms with van der Waals surface area (Å²) in [6.07, 6.45) is -0.341. The first kappa shape index (κ1) is 17.5. The van der Waals surface area contributed by atoms with Crippen molar-refractivity contribution in [2.75, 3.05) is 11.9 Å². The Balaban J connectivity index is 2.38. The third kappa shape index (κ3) is 6.62. The smallest absolute Gasteiger partial charge is 0.407 e. The first-order chi connectivity index (χ1) is 9.69. The SMILES string of the molecule is Cc1cccc(NC(=O)CCNC(=O)OC(C)(C)C)c1Br. The summed E-state index contributed by atoms with van der Waals surface area (Å²) in [5.74, 6) is -0.169. The van der Waals surface area contributed by atoms with E-state index in [1.54, 1.807) is 20.8 Å². The summed E-state index contributed by atoms with van der Waals surface area (Å²) in [5.41, 5.74) is 1.22. The zero-order valence-electron chi connectivity index (χ0n) is 12.7. The van der Waals surface area contributed by atoms with Crippen molar-refractivity contribution in [2.45, 2.75) is 39.7 Å². The minimum absolute atomic E-state index is 0.169. The van der Waals surface area contributed by atoms with Gasteiger partial charge in [0.2, 0.25) is 5.91 Å². The molecule has 0 aliphatic heterocycles. The van der Waals surface area contributed by atoms with Crippen LogP contribution in [0.2, 0.25) is 0 Å².